The van der Waals surface area contributed by atoms with Gasteiger partial charge in [0.15, 0.2) is 0 Å². The molecule has 0 aromatic heterocycles. The molecule has 0 radical (unpaired) electrons. The predicted octanol–water partition coefficient (Wildman–Crippen LogP) is 4.34. The fraction of sp³-hybridized carbons (Fsp3) is 0.600. The average molecular weight is 266 g/mol. The predicted molar refractivity (Wildman–Crippen MR) is 75.5 cm³/mol. The van der Waals surface area contributed by atoms with E-state index in [4.69, 9.17) is 16.3 Å². The van der Waals surface area contributed by atoms with Gasteiger partial charge in [0.25, 0.3) is 0 Å². The third kappa shape index (κ3) is 2.74. The molecule has 0 bridgehead atoms. The lowest BCUT2D eigenvalue weighted by Crippen LogP contribution is -2.24. The minimum atomic E-state index is 0.627. The van der Waals surface area contributed by atoms with Gasteiger partial charge in [-0.2, -0.15) is 0 Å². The van der Waals surface area contributed by atoms with Crippen LogP contribution in [0.2, 0.25) is 5.02 Å². The van der Waals surface area contributed by atoms with E-state index in [1.807, 2.05) is 25.1 Å². The Morgan fingerprint density at radius 3 is 2.50 bits per heavy atom. The topological polar surface area (TPSA) is 21.3 Å². The van der Waals surface area contributed by atoms with Crippen molar-refractivity contribution in [1.82, 2.24) is 0 Å². The van der Waals surface area contributed by atoms with Gasteiger partial charge in [0.05, 0.1) is 12.3 Å². The summed E-state index contributed by atoms with van der Waals surface area (Å²) < 4.78 is 5.67. The zero-order valence-electron chi connectivity index (χ0n) is 10.8. The molecule has 2 aliphatic rings. The minimum absolute atomic E-state index is 0.627. The quantitative estimate of drug-likeness (QED) is 0.826. The van der Waals surface area contributed by atoms with Crippen LogP contribution in [-0.2, 0) is 0 Å². The smallest absolute Gasteiger partial charge is 0.142 e. The van der Waals surface area contributed by atoms with Gasteiger partial charge in [-0.25, -0.2) is 0 Å². The second kappa shape index (κ2) is 5.00. The molecule has 0 atom stereocenters. The Hall–Kier alpha value is -0.890. The first-order valence-corrected chi connectivity index (χ1v) is 7.34. The number of benzene rings is 1. The largest absolute Gasteiger partial charge is 0.492 e. The maximum Gasteiger partial charge on any atom is 0.142 e. The summed E-state index contributed by atoms with van der Waals surface area (Å²) >= 11 is 6.10. The highest BCUT2D eigenvalue weighted by Gasteiger charge is 2.41. The number of ether oxygens (including phenoxy) is 1. The number of nitrogens with one attached hydrogen (secondary N) is 1. The molecule has 0 spiro atoms. The van der Waals surface area contributed by atoms with Crippen molar-refractivity contribution in [2.75, 3.05) is 11.9 Å². The van der Waals surface area contributed by atoms with Crippen LogP contribution in [0.4, 0.5) is 5.69 Å². The number of hydrogen-bond acceptors (Lipinski definition) is 2. The highest BCUT2D eigenvalue weighted by Crippen LogP contribution is 2.46. The van der Waals surface area contributed by atoms with Crippen molar-refractivity contribution in [3.05, 3.63) is 23.2 Å². The lowest BCUT2D eigenvalue weighted by Gasteiger charge is -2.21. The van der Waals surface area contributed by atoms with Crippen LogP contribution in [0, 0.1) is 11.8 Å². The molecule has 98 valence electrons. The zero-order chi connectivity index (χ0) is 12.5. The maximum atomic E-state index is 6.10. The van der Waals surface area contributed by atoms with Crippen molar-refractivity contribution in [1.29, 1.82) is 0 Å². The lowest BCUT2D eigenvalue weighted by atomic mass is 10.1. The van der Waals surface area contributed by atoms with Gasteiger partial charge in [0, 0.05) is 11.1 Å². The third-order valence-corrected chi connectivity index (χ3v) is 4.06. The molecular formula is C15H20ClNO. The van der Waals surface area contributed by atoms with Crippen molar-refractivity contribution in [3.63, 3.8) is 0 Å². The molecule has 0 amide bonds. The van der Waals surface area contributed by atoms with Gasteiger partial charge in [-0.15, -0.1) is 0 Å². The van der Waals surface area contributed by atoms with Gasteiger partial charge in [0.2, 0.25) is 0 Å². The lowest BCUT2D eigenvalue weighted by molar-refractivity contribution is 0.341. The van der Waals surface area contributed by atoms with E-state index < -0.39 is 0 Å². The first-order chi connectivity index (χ1) is 8.78. The Kier molecular flexibility index (Phi) is 3.38. The van der Waals surface area contributed by atoms with Crippen LogP contribution < -0.4 is 10.1 Å². The van der Waals surface area contributed by atoms with Gasteiger partial charge in [-0.1, -0.05) is 11.6 Å². The molecule has 0 saturated heterocycles. The molecule has 0 aliphatic heterocycles. The molecule has 0 heterocycles. The molecular weight excluding hydrogens is 246 g/mol. The Labute approximate surface area is 114 Å². The molecule has 1 aromatic rings. The fourth-order valence-corrected chi connectivity index (χ4v) is 2.78. The third-order valence-electron chi connectivity index (χ3n) is 3.82. The van der Waals surface area contributed by atoms with Crippen molar-refractivity contribution >= 4 is 17.3 Å². The summed E-state index contributed by atoms with van der Waals surface area (Å²) in [7, 11) is 0. The normalized spacial score (nSPS) is 19.1. The first kappa shape index (κ1) is 12.2. The van der Waals surface area contributed by atoms with Gasteiger partial charge < -0.3 is 10.1 Å². The minimum Gasteiger partial charge on any atom is -0.492 e. The van der Waals surface area contributed by atoms with E-state index in [0.717, 1.165) is 28.3 Å². The van der Waals surface area contributed by atoms with E-state index in [1.54, 1.807) is 0 Å². The van der Waals surface area contributed by atoms with E-state index in [2.05, 4.69) is 5.32 Å². The van der Waals surface area contributed by atoms with Gasteiger partial charge in [-0.05, 0) is 62.6 Å². The molecule has 2 fully saturated rings. The summed E-state index contributed by atoms with van der Waals surface area (Å²) in [6, 6.07) is 6.47. The van der Waals surface area contributed by atoms with Crippen LogP contribution in [-0.4, -0.2) is 12.6 Å². The molecule has 0 unspecified atom stereocenters. The Morgan fingerprint density at radius 2 is 1.94 bits per heavy atom. The average Bonchev–Trinajstić information content (AvgIpc) is 3.23. The maximum absolute atomic E-state index is 6.10. The Bertz CT molecular complexity index is 415. The second-order valence-electron chi connectivity index (χ2n) is 5.42. The molecule has 1 aromatic carbocycles. The van der Waals surface area contributed by atoms with Crippen LogP contribution >= 0.6 is 11.6 Å². The summed E-state index contributed by atoms with van der Waals surface area (Å²) in [5, 5.41) is 4.46. The summed E-state index contributed by atoms with van der Waals surface area (Å²) in [5.41, 5.74) is 1.06. The molecule has 2 aliphatic carbocycles. The highest BCUT2D eigenvalue weighted by molar-refractivity contribution is 6.30. The van der Waals surface area contributed by atoms with E-state index in [-0.39, 0.29) is 0 Å². The van der Waals surface area contributed by atoms with Crippen LogP contribution in [0.5, 0.6) is 5.75 Å². The summed E-state index contributed by atoms with van der Waals surface area (Å²) in [4.78, 5) is 0. The molecule has 1 N–H and O–H groups in total. The fourth-order valence-electron chi connectivity index (χ4n) is 2.61. The Balaban J connectivity index is 1.78. The molecule has 2 saturated carbocycles. The molecule has 3 heteroatoms. The Morgan fingerprint density at radius 1 is 1.28 bits per heavy atom. The SMILES string of the molecule is CCOc1ccc(Cl)cc1NC(C1CC1)C1CC1. The van der Waals surface area contributed by atoms with Crippen LogP contribution in [0.1, 0.15) is 32.6 Å². The summed E-state index contributed by atoms with van der Waals surface area (Å²) in [5.74, 6) is 2.66. The van der Waals surface area contributed by atoms with E-state index >= 15 is 0 Å². The van der Waals surface area contributed by atoms with Gasteiger partial charge in [0.1, 0.15) is 5.75 Å². The first-order valence-electron chi connectivity index (χ1n) is 6.97. The van der Waals surface area contributed by atoms with E-state index in [9.17, 15) is 0 Å². The number of anilines is 1. The van der Waals surface area contributed by atoms with Gasteiger partial charge in [-0.3, -0.25) is 0 Å². The van der Waals surface area contributed by atoms with Crippen molar-refractivity contribution in [2.24, 2.45) is 11.8 Å². The van der Waals surface area contributed by atoms with Crippen molar-refractivity contribution < 1.29 is 4.74 Å². The molecule has 3 rings (SSSR count). The number of hydrogen-bond donors (Lipinski definition) is 1. The van der Waals surface area contributed by atoms with Gasteiger partial charge >= 0.3 is 0 Å². The zero-order valence-corrected chi connectivity index (χ0v) is 11.5. The van der Waals surface area contributed by atoms with E-state index in [1.165, 1.54) is 25.7 Å². The number of rotatable bonds is 6. The molecule has 2 nitrogen and oxygen atoms in total. The van der Waals surface area contributed by atoms with Crippen LogP contribution in [0.3, 0.4) is 0 Å². The second-order valence-corrected chi connectivity index (χ2v) is 5.85. The molecule has 18 heavy (non-hydrogen) atoms. The van der Waals surface area contributed by atoms with Crippen LogP contribution in [0.15, 0.2) is 18.2 Å². The highest BCUT2D eigenvalue weighted by atomic mass is 35.5. The number of halogens is 1. The van der Waals surface area contributed by atoms with Crippen molar-refractivity contribution in [3.8, 4) is 5.75 Å². The van der Waals surface area contributed by atoms with Crippen molar-refractivity contribution in [2.45, 2.75) is 38.6 Å². The monoisotopic (exact) mass is 265 g/mol. The van der Waals surface area contributed by atoms with Crippen LogP contribution in [0.25, 0.3) is 0 Å². The summed E-state index contributed by atoms with van der Waals surface area (Å²) in [6.45, 7) is 2.70. The standard InChI is InChI=1S/C15H20ClNO/c1-2-18-14-8-7-12(16)9-13(14)17-15(10-3-4-10)11-5-6-11/h7-11,15,17H,2-6H2,1H3. The van der Waals surface area contributed by atoms with E-state index in [0.29, 0.717) is 12.6 Å². The summed E-state index contributed by atoms with van der Waals surface area (Å²) in [6.07, 6.45) is 5.49.